The fraction of sp³-hybridized carbons (Fsp3) is 0.500. The predicted octanol–water partition coefficient (Wildman–Crippen LogP) is 4.47. The largest absolute Gasteiger partial charge is 0.444 e. The van der Waals surface area contributed by atoms with Crippen LogP contribution in [0.3, 0.4) is 0 Å². The van der Waals surface area contributed by atoms with Gasteiger partial charge in [0.05, 0.1) is 6.04 Å². The number of hydrogen-bond acceptors (Lipinski definition) is 4. The molecule has 7 heteroatoms. The van der Waals surface area contributed by atoms with Crippen LogP contribution in [0.25, 0.3) is 5.69 Å². The number of hydrogen-bond donors (Lipinski definition) is 0. The van der Waals surface area contributed by atoms with Crippen molar-refractivity contribution in [1.82, 2.24) is 14.5 Å². The Bertz CT molecular complexity index is 782. The van der Waals surface area contributed by atoms with E-state index in [0.717, 1.165) is 29.8 Å². The van der Waals surface area contributed by atoms with Gasteiger partial charge in [0.25, 0.3) is 0 Å². The molecule has 2 aromatic rings. The molecule has 0 radical (unpaired) electrons. The summed E-state index contributed by atoms with van der Waals surface area (Å²) in [5, 5.41) is 0. The minimum Gasteiger partial charge on any atom is -0.444 e. The second kappa shape index (κ2) is 7.92. The molecule has 146 valence electrons. The van der Waals surface area contributed by atoms with Gasteiger partial charge >= 0.3 is 6.09 Å². The number of imidazole rings is 1. The molecule has 0 bridgehead atoms. The van der Waals surface area contributed by atoms with Gasteiger partial charge in [-0.2, -0.15) is 0 Å². The zero-order valence-electron chi connectivity index (χ0n) is 16.4. The lowest BCUT2D eigenvalue weighted by molar-refractivity contribution is 0.0191. The third-order valence-electron chi connectivity index (χ3n) is 4.64. The number of likely N-dealkylation sites (N-methyl/N-ethyl adjacent to an activating group) is 1. The first-order chi connectivity index (χ1) is 12.8. The van der Waals surface area contributed by atoms with Crippen molar-refractivity contribution in [2.75, 3.05) is 24.5 Å². The molecule has 6 nitrogen and oxygen atoms in total. The van der Waals surface area contributed by atoms with Crippen LogP contribution in [0.15, 0.2) is 41.4 Å². The summed E-state index contributed by atoms with van der Waals surface area (Å²) < 4.78 is 8.36. The summed E-state index contributed by atoms with van der Waals surface area (Å²) in [6.45, 7) is 10.1. The van der Waals surface area contributed by atoms with E-state index in [2.05, 4.69) is 50.1 Å². The molecule has 1 aliphatic heterocycles. The number of carbonyl (C=O) groups excluding carboxylic acids is 1. The molecule has 27 heavy (non-hydrogen) atoms. The molecule has 3 rings (SSSR count). The Balaban J connectivity index is 1.65. The minimum atomic E-state index is -0.471. The molecular formula is C20H27BrN4O2. The first kappa shape index (κ1) is 19.7. The molecule has 1 aromatic heterocycles. The van der Waals surface area contributed by atoms with Gasteiger partial charge in [-0.25, -0.2) is 9.78 Å². The minimum absolute atomic E-state index is 0.175. The summed E-state index contributed by atoms with van der Waals surface area (Å²) in [4.78, 5) is 20.9. The summed E-state index contributed by atoms with van der Waals surface area (Å²) in [5.41, 5.74) is 1.76. The number of nitrogens with zero attached hydrogens (tertiary/aromatic N) is 4. The standard InChI is InChI=1S/C20H27BrN4O2/c1-5-25(19(26)27-20(2,3)4)17-10-11-23(12-17)15-6-8-16(9-7-15)24-13-18(21)22-14-24/h6-9,13-14,17H,5,10-12H2,1-4H3/t17-/m0/s1. The number of carbonyl (C=O) groups is 1. The maximum absolute atomic E-state index is 12.5. The Hall–Kier alpha value is -2.02. The van der Waals surface area contributed by atoms with Crippen molar-refractivity contribution in [2.24, 2.45) is 0 Å². The second-order valence-electron chi connectivity index (χ2n) is 7.77. The van der Waals surface area contributed by atoms with Gasteiger partial charge in [-0.3, -0.25) is 0 Å². The lowest BCUT2D eigenvalue weighted by Gasteiger charge is -2.31. The monoisotopic (exact) mass is 434 g/mol. The lowest BCUT2D eigenvalue weighted by atomic mass is 10.2. The summed E-state index contributed by atoms with van der Waals surface area (Å²) in [6, 6.07) is 8.59. The Kier molecular flexibility index (Phi) is 5.79. The number of halogens is 1. The first-order valence-corrected chi connectivity index (χ1v) is 10.1. The molecule has 0 saturated carbocycles. The maximum Gasteiger partial charge on any atom is 0.410 e. The predicted molar refractivity (Wildman–Crippen MR) is 110 cm³/mol. The molecule has 1 atom stereocenters. The van der Waals surface area contributed by atoms with Crippen molar-refractivity contribution >= 4 is 27.7 Å². The van der Waals surface area contributed by atoms with Crippen LogP contribution in [0, 0.1) is 0 Å². The molecular weight excluding hydrogens is 408 g/mol. The Labute approximate surface area is 169 Å². The van der Waals surface area contributed by atoms with E-state index in [1.165, 1.54) is 5.69 Å². The van der Waals surface area contributed by atoms with Gasteiger partial charge in [-0.05, 0) is 74.3 Å². The van der Waals surface area contributed by atoms with Crippen LogP contribution in [0.2, 0.25) is 0 Å². The second-order valence-corrected chi connectivity index (χ2v) is 8.59. The topological polar surface area (TPSA) is 50.6 Å². The highest BCUT2D eigenvalue weighted by molar-refractivity contribution is 9.10. The highest BCUT2D eigenvalue weighted by Gasteiger charge is 2.32. The van der Waals surface area contributed by atoms with Crippen molar-refractivity contribution in [2.45, 2.75) is 45.8 Å². The number of ether oxygens (including phenoxy) is 1. The maximum atomic E-state index is 12.5. The molecule has 0 N–H and O–H groups in total. The highest BCUT2D eigenvalue weighted by Crippen LogP contribution is 2.25. The van der Waals surface area contributed by atoms with Gasteiger partial charge in [0.2, 0.25) is 0 Å². The van der Waals surface area contributed by atoms with Crippen LogP contribution >= 0.6 is 15.9 Å². The van der Waals surface area contributed by atoms with Crippen LogP contribution in [-0.4, -0.2) is 51.8 Å². The van der Waals surface area contributed by atoms with E-state index in [9.17, 15) is 4.79 Å². The molecule has 2 heterocycles. The normalized spacial score (nSPS) is 17.2. The zero-order valence-corrected chi connectivity index (χ0v) is 17.9. The van der Waals surface area contributed by atoms with E-state index in [-0.39, 0.29) is 12.1 Å². The fourth-order valence-electron chi connectivity index (χ4n) is 3.36. The SMILES string of the molecule is CCN(C(=O)OC(C)(C)C)[C@H]1CCN(c2ccc(-n3cnc(Br)c3)cc2)C1. The van der Waals surface area contributed by atoms with Crippen molar-refractivity contribution in [1.29, 1.82) is 0 Å². The number of rotatable bonds is 4. The summed E-state index contributed by atoms with van der Waals surface area (Å²) >= 11 is 3.37. The van der Waals surface area contributed by atoms with E-state index in [4.69, 9.17) is 4.74 Å². The number of anilines is 1. The van der Waals surface area contributed by atoms with E-state index < -0.39 is 5.60 Å². The van der Waals surface area contributed by atoms with Crippen LogP contribution in [0.4, 0.5) is 10.5 Å². The van der Waals surface area contributed by atoms with Crippen LogP contribution in [0.5, 0.6) is 0 Å². The molecule has 1 saturated heterocycles. The summed E-state index contributed by atoms with van der Waals surface area (Å²) in [5.74, 6) is 0. The number of amides is 1. The third kappa shape index (κ3) is 4.83. The third-order valence-corrected chi connectivity index (χ3v) is 5.05. The van der Waals surface area contributed by atoms with E-state index in [0.29, 0.717) is 6.54 Å². The van der Waals surface area contributed by atoms with E-state index >= 15 is 0 Å². The van der Waals surface area contributed by atoms with Gasteiger partial charge in [0, 0.05) is 37.2 Å². The van der Waals surface area contributed by atoms with Crippen LogP contribution < -0.4 is 4.90 Å². The van der Waals surface area contributed by atoms with Crippen LogP contribution in [0.1, 0.15) is 34.1 Å². The Morgan fingerprint density at radius 1 is 1.30 bits per heavy atom. The molecule has 0 spiro atoms. The first-order valence-electron chi connectivity index (χ1n) is 9.31. The summed E-state index contributed by atoms with van der Waals surface area (Å²) in [7, 11) is 0. The number of benzene rings is 1. The van der Waals surface area contributed by atoms with Gasteiger partial charge in [0.1, 0.15) is 16.5 Å². The lowest BCUT2D eigenvalue weighted by Crippen LogP contribution is -2.44. The molecule has 1 fully saturated rings. The van der Waals surface area contributed by atoms with Gasteiger partial charge in [0.15, 0.2) is 0 Å². The quantitative estimate of drug-likeness (QED) is 0.711. The van der Waals surface area contributed by atoms with Crippen LogP contribution in [-0.2, 0) is 4.74 Å². The van der Waals surface area contributed by atoms with Gasteiger partial charge in [-0.1, -0.05) is 0 Å². The van der Waals surface area contributed by atoms with Gasteiger partial charge in [-0.15, -0.1) is 0 Å². The Morgan fingerprint density at radius 2 is 1.96 bits per heavy atom. The number of aromatic nitrogens is 2. The van der Waals surface area contributed by atoms with Gasteiger partial charge < -0.3 is 19.1 Å². The van der Waals surface area contributed by atoms with Crippen molar-refractivity contribution in [3.05, 3.63) is 41.4 Å². The molecule has 1 amide bonds. The smallest absolute Gasteiger partial charge is 0.410 e. The fourth-order valence-corrected chi connectivity index (χ4v) is 3.68. The average molecular weight is 435 g/mol. The molecule has 0 unspecified atom stereocenters. The molecule has 0 aliphatic carbocycles. The van der Waals surface area contributed by atoms with Crippen molar-refractivity contribution < 1.29 is 9.53 Å². The van der Waals surface area contributed by atoms with E-state index in [1.54, 1.807) is 6.33 Å². The Morgan fingerprint density at radius 3 is 2.52 bits per heavy atom. The highest BCUT2D eigenvalue weighted by atomic mass is 79.9. The van der Waals surface area contributed by atoms with Crippen molar-refractivity contribution in [3.63, 3.8) is 0 Å². The van der Waals surface area contributed by atoms with Crippen molar-refractivity contribution in [3.8, 4) is 5.69 Å². The summed E-state index contributed by atoms with van der Waals surface area (Å²) in [6.07, 6.45) is 4.44. The zero-order chi connectivity index (χ0) is 19.6. The van der Waals surface area contributed by atoms with E-state index in [1.807, 2.05) is 43.4 Å². The average Bonchev–Trinajstić information content (AvgIpc) is 3.24. The molecule has 1 aliphatic rings. The molecule has 1 aromatic carbocycles.